The molecule has 1 aromatic rings. The molecular weight excluding hydrogens is 242 g/mol. The van der Waals surface area contributed by atoms with E-state index in [4.69, 9.17) is 5.11 Å². The molecular formula is C11H15NO4S. The van der Waals surface area contributed by atoms with E-state index in [2.05, 4.69) is 4.72 Å². The van der Waals surface area contributed by atoms with Crippen LogP contribution in [0.4, 0.5) is 5.69 Å². The molecule has 5 nitrogen and oxygen atoms in total. The summed E-state index contributed by atoms with van der Waals surface area (Å²) in [7, 11) is -3.33. The van der Waals surface area contributed by atoms with Crippen molar-refractivity contribution in [1.82, 2.24) is 0 Å². The molecule has 0 fully saturated rings. The minimum Gasteiger partial charge on any atom is -0.481 e. The summed E-state index contributed by atoms with van der Waals surface area (Å²) in [5.74, 6) is -0.894. The molecule has 0 aliphatic carbocycles. The molecule has 0 heterocycles. The lowest BCUT2D eigenvalue weighted by Crippen LogP contribution is -2.16. The molecule has 0 amide bonds. The van der Waals surface area contributed by atoms with E-state index in [1.165, 1.54) is 6.07 Å². The zero-order chi connectivity index (χ0) is 12.9. The fourth-order valence-electron chi connectivity index (χ4n) is 1.42. The van der Waals surface area contributed by atoms with Crippen molar-refractivity contribution < 1.29 is 18.3 Å². The van der Waals surface area contributed by atoms with Gasteiger partial charge in [-0.2, -0.15) is 0 Å². The molecule has 0 aliphatic heterocycles. The zero-order valence-corrected chi connectivity index (χ0v) is 10.3. The van der Waals surface area contributed by atoms with E-state index in [1.807, 2.05) is 0 Å². The van der Waals surface area contributed by atoms with Gasteiger partial charge < -0.3 is 5.11 Å². The van der Waals surface area contributed by atoms with Crippen LogP contribution in [0, 0.1) is 0 Å². The summed E-state index contributed by atoms with van der Waals surface area (Å²) < 4.78 is 25.4. The zero-order valence-electron chi connectivity index (χ0n) is 9.51. The van der Waals surface area contributed by atoms with Gasteiger partial charge in [-0.3, -0.25) is 9.52 Å². The number of benzene rings is 1. The lowest BCUT2D eigenvalue weighted by atomic mass is 10.1. The predicted octanol–water partition coefficient (Wildman–Crippen LogP) is 1.47. The molecule has 0 spiro atoms. The molecule has 0 saturated carbocycles. The van der Waals surface area contributed by atoms with Gasteiger partial charge in [0.2, 0.25) is 10.0 Å². The van der Waals surface area contributed by atoms with E-state index >= 15 is 0 Å². The van der Waals surface area contributed by atoms with Crippen molar-refractivity contribution in [2.45, 2.75) is 19.8 Å². The fourth-order valence-corrected chi connectivity index (χ4v) is 2.54. The molecule has 0 unspecified atom stereocenters. The third-order valence-corrected chi connectivity index (χ3v) is 3.52. The summed E-state index contributed by atoms with van der Waals surface area (Å²) in [6.07, 6.45) is 0.410. The average molecular weight is 257 g/mol. The van der Waals surface area contributed by atoms with Crippen molar-refractivity contribution in [3.05, 3.63) is 29.8 Å². The molecule has 2 N–H and O–H groups in total. The molecule has 1 rings (SSSR count). The second-order valence-corrected chi connectivity index (χ2v) is 5.53. The lowest BCUT2D eigenvalue weighted by Gasteiger charge is -2.07. The number of nitrogens with one attached hydrogen (secondary N) is 1. The molecule has 1 aromatic carbocycles. The van der Waals surface area contributed by atoms with Crippen molar-refractivity contribution in [3.8, 4) is 0 Å². The number of carbonyl (C=O) groups is 1. The predicted molar refractivity (Wildman–Crippen MR) is 65.5 cm³/mol. The Morgan fingerprint density at radius 1 is 1.41 bits per heavy atom. The third kappa shape index (κ3) is 4.86. The van der Waals surface area contributed by atoms with Gasteiger partial charge in [0.15, 0.2) is 0 Å². The highest BCUT2D eigenvalue weighted by Gasteiger charge is 2.09. The number of hydrogen-bond acceptors (Lipinski definition) is 3. The van der Waals surface area contributed by atoms with Crippen LogP contribution >= 0.6 is 0 Å². The SMILES string of the molecule is CCCS(=O)(=O)Nc1cccc(CC(=O)O)c1. The van der Waals surface area contributed by atoms with Crippen LogP contribution < -0.4 is 4.72 Å². The maximum Gasteiger partial charge on any atom is 0.307 e. The van der Waals surface area contributed by atoms with Gasteiger partial charge in [0.1, 0.15) is 0 Å². The standard InChI is InChI=1S/C11H15NO4S/c1-2-6-17(15,16)12-10-5-3-4-9(7-10)8-11(13)14/h3-5,7,12H,2,6,8H2,1H3,(H,13,14). The van der Waals surface area contributed by atoms with Crippen LogP contribution in [0.25, 0.3) is 0 Å². The quantitative estimate of drug-likeness (QED) is 0.808. The van der Waals surface area contributed by atoms with Gasteiger partial charge in [-0.15, -0.1) is 0 Å². The topological polar surface area (TPSA) is 83.5 Å². The van der Waals surface area contributed by atoms with Crippen LogP contribution in [0.15, 0.2) is 24.3 Å². The molecule has 6 heteroatoms. The van der Waals surface area contributed by atoms with Gasteiger partial charge in [-0.1, -0.05) is 19.1 Å². The highest BCUT2D eigenvalue weighted by atomic mass is 32.2. The van der Waals surface area contributed by atoms with Crippen LogP contribution in [0.5, 0.6) is 0 Å². The number of rotatable bonds is 6. The summed E-state index contributed by atoms with van der Waals surface area (Å²) in [5, 5.41) is 8.64. The third-order valence-electron chi connectivity index (χ3n) is 2.03. The van der Waals surface area contributed by atoms with Gasteiger partial charge in [0.05, 0.1) is 12.2 Å². The van der Waals surface area contributed by atoms with Crippen LogP contribution in [-0.2, 0) is 21.2 Å². The first-order valence-corrected chi connectivity index (χ1v) is 6.89. The molecule has 0 saturated heterocycles. The number of carboxylic acid groups (broad SMARTS) is 1. The molecule has 0 radical (unpaired) electrons. The first-order chi connectivity index (χ1) is 7.93. The summed E-state index contributed by atoms with van der Waals surface area (Å²) in [6.45, 7) is 1.78. The Bertz CT molecular complexity index is 496. The second kappa shape index (κ2) is 5.67. The molecule has 0 atom stereocenters. The van der Waals surface area contributed by atoms with E-state index in [-0.39, 0.29) is 12.2 Å². The van der Waals surface area contributed by atoms with E-state index in [9.17, 15) is 13.2 Å². The van der Waals surface area contributed by atoms with Gasteiger partial charge in [0, 0.05) is 5.69 Å². The first-order valence-electron chi connectivity index (χ1n) is 5.24. The van der Waals surface area contributed by atoms with Crippen molar-refractivity contribution in [2.24, 2.45) is 0 Å². The van der Waals surface area contributed by atoms with Gasteiger partial charge in [0.25, 0.3) is 0 Å². The Morgan fingerprint density at radius 2 is 2.12 bits per heavy atom. The Labute approximate surface area is 101 Å². The molecule has 17 heavy (non-hydrogen) atoms. The Hall–Kier alpha value is -1.56. The van der Waals surface area contributed by atoms with Crippen LogP contribution in [0.3, 0.4) is 0 Å². The van der Waals surface area contributed by atoms with Crippen molar-refractivity contribution in [2.75, 3.05) is 10.5 Å². The molecule has 94 valence electrons. The van der Waals surface area contributed by atoms with Crippen LogP contribution in [0.2, 0.25) is 0 Å². The summed E-state index contributed by atoms with van der Waals surface area (Å²) in [6, 6.07) is 6.40. The molecule has 0 bridgehead atoms. The minimum atomic E-state index is -3.33. The lowest BCUT2D eigenvalue weighted by molar-refractivity contribution is -0.136. The first kappa shape index (κ1) is 13.5. The maximum atomic E-state index is 11.5. The van der Waals surface area contributed by atoms with Gasteiger partial charge >= 0.3 is 5.97 Å². The highest BCUT2D eigenvalue weighted by Crippen LogP contribution is 2.13. The van der Waals surface area contributed by atoms with E-state index in [0.29, 0.717) is 17.7 Å². The second-order valence-electron chi connectivity index (χ2n) is 3.69. The van der Waals surface area contributed by atoms with E-state index in [0.717, 1.165) is 0 Å². The van der Waals surface area contributed by atoms with Gasteiger partial charge in [-0.25, -0.2) is 8.42 Å². The Balaban J connectivity index is 2.82. The fraction of sp³-hybridized carbons (Fsp3) is 0.364. The van der Waals surface area contributed by atoms with Crippen molar-refractivity contribution in [1.29, 1.82) is 0 Å². The number of aliphatic carboxylic acids is 1. The van der Waals surface area contributed by atoms with Crippen molar-refractivity contribution >= 4 is 21.7 Å². The van der Waals surface area contributed by atoms with Crippen LogP contribution in [0.1, 0.15) is 18.9 Å². The average Bonchev–Trinajstić information content (AvgIpc) is 2.15. The Kier molecular flexibility index (Phi) is 4.51. The summed E-state index contributed by atoms with van der Waals surface area (Å²) in [4.78, 5) is 10.5. The van der Waals surface area contributed by atoms with E-state index in [1.54, 1.807) is 25.1 Å². The Morgan fingerprint density at radius 3 is 2.71 bits per heavy atom. The minimum absolute atomic E-state index is 0.0517. The van der Waals surface area contributed by atoms with Crippen molar-refractivity contribution in [3.63, 3.8) is 0 Å². The number of anilines is 1. The number of sulfonamides is 1. The van der Waals surface area contributed by atoms with Crippen LogP contribution in [-0.4, -0.2) is 25.2 Å². The van der Waals surface area contributed by atoms with E-state index < -0.39 is 16.0 Å². The summed E-state index contributed by atoms with van der Waals surface area (Å²) >= 11 is 0. The number of hydrogen-bond donors (Lipinski definition) is 2. The molecule has 0 aliphatic rings. The maximum absolute atomic E-state index is 11.5. The largest absolute Gasteiger partial charge is 0.481 e. The number of carboxylic acids is 1. The highest BCUT2D eigenvalue weighted by molar-refractivity contribution is 7.92. The molecule has 0 aromatic heterocycles. The monoisotopic (exact) mass is 257 g/mol. The van der Waals surface area contributed by atoms with Gasteiger partial charge in [-0.05, 0) is 24.1 Å². The smallest absolute Gasteiger partial charge is 0.307 e. The normalized spacial score (nSPS) is 11.1. The summed E-state index contributed by atoms with van der Waals surface area (Å²) in [5.41, 5.74) is 0.964.